The molecule has 1 amide bonds. The number of hydrogen-bond acceptors (Lipinski definition) is 2. The van der Waals surface area contributed by atoms with E-state index in [-0.39, 0.29) is 10.7 Å². The highest BCUT2D eigenvalue weighted by Crippen LogP contribution is 2.23. The SMILES string of the molecule is CC(C)(C)SCCNC(=O)Cc1ccc(Cl)c(Cl)c1. The fraction of sp³-hybridized carbons (Fsp3) is 0.500. The fourth-order valence-electron chi connectivity index (χ4n) is 1.45. The van der Waals surface area contributed by atoms with Crippen molar-refractivity contribution in [1.29, 1.82) is 0 Å². The third-order valence-corrected chi connectivity index (χ3v) is 4.32. The number of thioether (sulfide) groups is 1. The van der Waals surface area contributed by atoms with Crippen molar-refractivity contribution >= 4 is 40.9 Å². The van der Waals surface area contributed by atoms with Gasteiger partial charge >= 0.3 is 0 Å². The number of rotatable bonds is 5. The highest BCUT2D eigenvalue weighted by Gasteiger charge is 2.10. The average Bonchev–Trinajstić information content (AvgIpc) is 2.28. The van der Waals surface area contributed by atoms with E-state index >= 15 is 0 Å². The van der Waals surface area contributed by atoms with Crippen molar-refractivity contribution in [2.24, 2.45) is 0 Å². The van der Waals surface area contributed by atoms with Crippen LogP contribution in [-0.2, 0) is 11.2 Å². The molecule has 1 aromatic carbocycles. The maximum Gasteiger partial charge on any atom is 0.224 e. The van der Waals surface area contributed by atoms with E-state index in [1.807, 2.05) is 17.8 Å². The second-order valence-corrected chi connectivity index (χ2v) is 7.97. The molecule has 106 valence electrons. The van der Waals surface area contributed by atoms with Gasteiger partial charge < -0.3 is 5.32 Å². The molecule has 0 saturated carbocycles. The molecule has 1 N–H and O–H groups in total. The summed E-state index contributed by atoms with van der Waals surface area (Å²) >= 11 is 13.6. The van der Waals surface area contributed by atoms with E-state index in [0.717, 1.165) is 11.3 Å². The van der Waals surface area contributed by atoms with Crippen molar-refractivity contribution < 1.29 is 4.79 Å². The Morgan fingerprint density at radius 2 is 1.95 bits per heavy atom. The van der Waals surface area contributed by atoms with Crippen LogP contribution in [0.3, 0.4) is 0 Å². The molecule has 1 rings (SSSR count). The van der Waals surface area contributed by atoms with Crippen LogP contribution < -0.4 is 5.32 Å². The molecule has 0 saturated heterocycles. The molecule has 0 spiro atoms. The third-order valence-electron chi connectivity index (χ3n) is 2.31. The molecule has 0 fully saturated rings. The van der Waals surface area contributed by atoms with Crippen LogP contribution in [-0.4, -0.2) is 23.0 Å². The van der Waals surface area contributed by atoms with Gasteiger partial charge in [-0.1, -0.05) is 50.0 Å². The summed E-state index contributed by atoms with van der Waals surface area (Å²) in [6.07, 6.45) is 0.330. The minimum absolute atomic E-state index is 0.00731. The molecule has 2 nitrogen and oxygen atoms in total. The van der Waals surface area contributed by atoms with Crippen LogP contribution in [0.2, 0.25) is 10.0 Å². The number of hydrogen-bond donors (Lipinski definition) is 1. The van der Waals surface area contributed by atoms with Gasteiger partial charge in [-0.25, -0.2) is 0 Å². The zero-order chi connectivity index (χ0) is 14.5. The van der Waals surface area contributed by atoms with E-state index in [0.29, 0.717) is 23.0 Å². The molecule has 1 aromatic rings. The summed E-state index contributed by atoms with van der Waals surface area (Å²) < 4.78 is 0.231. The molecule has 0 unspecified atom stereocenters. The van der Waals surface area contributed by atoms with Crippen LogP contribution in [0, 0.1) is 0 Å². The number of halogens is 2. The van der Waals surface area contributed by atoms with Gasteiger partial charge in [-0.3, -0.25) is 4.79 Å². The molecule has 0 aromatic heterocycles. The smallest absolute Gasteiger partial charge is 0.224 e. The largest absolute Gasteiger partial charge is 0.355 e. The normalized spacial score (nSPS) is 11.4. The summed E-state index contributed by atoms with van der Waals surface area (Å²) in [5.74, 6) is 0.921. The molecule has 19 heavy (non-hydrogen) atoms. The van der Waals surface area contributed by atoms with Crippen LogP contribution in [0.1, 0.15) is 26.3 Å². The lowest BCUT2D eigenvalue weighted by Gasteiger charge is -2.17. The van der Waals surface area contributed by atoms with Crippen molar-refractivity contribution in [2.45, 2.75) is 31.9 Å². The predicted octanol–water partition coefficient (Wildman–Crippen LogP) is 4.18. The predicted molar refractivity (Wildman–Crippen MR) is 85.4 cm³/mol. The van der Waals surface area contributed by atoms with Crippen molar-refractivity contribution in [1.82, 2.24) is 5.32 Å². The molecule has 0 aliphatic carbocycles. The van der Waals surface area contributed by atoms with E-state index < -0.39 is 0 Å². The maximum absolute atomic E-state index is 11.7. The van der Waals surface area contributed by atoms with Crippen LogP contribution >= 0.6 is 35.0 Å². The van der Waals surface area contributed by atoms with E-state index in [1.54, 1.807) is 12.1 Å². The Kier molecular flexibility index (Phi) is 6.51. The molecule has 0 bridgehead atoms. The summed E-state index contributed by atoms with van der Waals surface area (Å²) in [6, 6.07) is 5.26. The first-order valence-electron chi connectivity index (χ1n) is 6.12. The molecule has 0 aliphatic rings. The Hall–Kier alpha value is -0.380. The van der Waals surface area contributed by atoms with Gasteiger partial charge in [0.15, 0.2) is 0 Å². The molecule has 0 heterocycles. The lowest BCUT2D eigenvalue weighted by atomic mass is 10.1. The van der Waals surface area contributed by atoms with E-state index in [1.165, 1.54) is 0 Å². The van der Waals surface area contributed by atoms with Gasteiger partial charge in [0.2, 0.25) is 5.91 Å². The summed E-state index contributed by atoms with van der Waals surface area (Å²) in [5.41, 5.74) is 0.871. The maximum atomic E-state index is 11.7. The standard InChI is InChI=1S/C14H19Cl2NOS/c1-14(2,3)19-7-6-17-13(18)9-10-4-5-11(15)12(16)8-10/h4-5,8H,6-7,9H2,1-3H3,(H,17,18). The van der Waals surface area contributed by atoms with Gasteiger partial charge in [-0.2, -0.15) is 11.8 Å². The molecule has 0 atom stereocenters. The second kappa shape index (κ2) is 7.41. The zero-order valence-electron chi connectivity index (χ0n) is 11.4. The Balaban J connectivity index is 2.33. The van der Waals surface area contributed by atoms with Gasteiger partial charge in [0.05, 0.1) is 16.5 Å². The molecule has 0 radical (unpaired) electrons. The topological polar surface area (TPSA) is 29.1 Å². The number of benzene rings is 1. The Labute approximate surface area is 129 Å². The summed E-state index contributed by atoms with van der Waals surface area (Å²) in [7, 11) is 0. The van der Waals surface area contributed by atoms with Gasteiger partial charge in [-0.05, 0) is 17.7 Å². The summed E-state index contributed by atoms with van der Waals surface area (Å²) in [4.78, 5) is 11.7. The first-order valence-corrected chi connectivity index (χ1v) is 7.87. The van der Waals surface area contributed by atoms with Crippen molar-refractivity contribution in [3.8, 4) is 0 Å². The molecular formula is C14H19Cl2NOS. The molecule has 0 aliphatic heterocycles. The van der Waals surface area contributed by atoms with Crippen LogP contribution in [0.4, 0.5) is 0 Å². The monoisotopic (exact) mass is 319 g/mol. The molecule has 5 heteroatoms. The fourth-order valence-corrected chi connectivity index (χ4v) is 2.58. The second-order valence-electron chi connectivity index (χ2n) is 5.24. The van der Waals surface area contributed by atoms with Crippen LogP contribution in [0.5, 0.6) is 0 Å². The zero-order valence-corrected chi connectivity index (χ0v) is 13.8. The average molecular weight is 320 g/mol. The van der Waals surface area contributed by atoms with Crippen LogP contribution in [0.25, 0.3) is 0 Å². The van der Waals surface area contributed by atoms with Crippen molar-refractivity contribution in [2.75, 3.05) is 12.3 Å². The van der Waals surface area contributed by atoms with E-state index in [4.69, 9.17) is 23.2 Å². The van der Waals surface area contributed by atoms with Gasteiger partial charge in [0.1, 0.15) is 0 Å². The lowest BCUT2D eigenvalue weighted by Crippen LogP contribution is -2.28. The van der Waals surface area contributed by atoms with Crippen LogP contribution in [0.15, 0.2) is 18.2 Å². The minimum Gasteiger partial charge on any atom is -0.355 e. The lowest BCUT2D eigenvalue weighted by molar-refractivity contribution is -0.120. The highest BCUT2D eigenvalue weighted by atomic mass is 35.5. The number of carbonyl (C=O) groups is 1. The van der Waals surface area contributed by atoms with E-state index in [2.05, 4.69) is 26.1 Å². The van der Waals surface area contributed by atoms with E-state index in [9.17, 15) is 4.79 Å². The first-order chi connectivity index (χ1) is 8.78. The Bertz CT molecular complexity index is 444. The third kappa shape index (κ3) is 7.09. The number of nitrogens with one attached hydrogen (secondary N) is 1. The van der Waals surface area contributed by atoms with Crippen molar-refractivity contribution in [3.63, 3.8) is 0 Å². The molecular weight excluding hydrogens is 301 g/mol. The quantitative estimate of drug-likeness (QED) is 0.825. The van der Waals surface area contributed by atoms with Gasteiger partial charge in [0, 0.05) is 17.0 Å². The summed E-state index contributed by atoms with van der Waals surface area (Å²) in [6.45, 7) is 7.17. The minimum atomic E-state index is 0.00731. The Morgan fingerprint density at radius 3 is 2.53 bits per heavy atom. The highest BCUT2D eigenvalue weighted by molar-refractivity contribution is 8.00. The number of carbonyl (C=O) groups excluding carboxylic acids is 1. The van der Waals surface area contributed by atoms with Crippen molar-refractivity contribution in [3.05, 3.63) is 33.8 Å². The van der Waals surface area contributed by atoms with Gasteiger partial charge in [-0.15, -0.1) is 0 Å². The Morgan fingerprint density at radius 1 is 1.26 bits per heavy atom. The summed E-state index contributed by atoms with van der Waals surface area (Å²) in [5, 5.41) is 3.89. The number of amides is 1. The first kappa shape index (κ1) is 16.7. The van der Waals surface area contributed by atoms with Gasteiger partial charge in [0.25, 0.3) is 0 Å².